The van der Waals surface area contributed by atoms with Crippen LogP contribution in [0.5, 0.6) is 0 Å². The van der Waals surface area contributed by atoms with Crippen molar-refractivity contribution >= 4 is 15.9 Å². The van der Waals surface area contributed by atoms with Crippen molar-refractivity contribution in [3.05, 3.63) is 34.1 Å². The van der Waals surface area contributed by atoms with Crippen LogP contribution in [0.15, 0.2) is 22.7 Å². The molecule has 0 radical (unpaired) electrons. The molecule has 0 aliphatic rings. The van der Waals surface area contributed by atoms with E-state index in [0.29, 0.717) is 6.42 Å². The highest BCUT2D eigenvalue weighted by Crippen LogP contribution is 2.16. The van der Waals surface area contributed by atoms with Crippen LogP contribution in [0.3, 0.4) is 0 Å². The zero-order valence-electron chi connectivity index (χ0n) is 10.6. The maximum atomic E-state index is 13.5. The summed E-state index contributed by atoms with van der Waals surface area (Å²) in [6.45, 7) is 5.57. The Morgan fingerprint density at radius 3 is 2.65 bits per heavy atom. The molecule has 0 unspecified atom stereocenters. The van der Waals surface area contributed by atoms with Crippen LogP contribution >= 0.6 is 15.9 Å². The van der Waals surface area contributed by atoms with E-state index in [2.05, 4.69) is 20.8 Å². The molecule has 0 atom stereocenters. The fourth-order valence-corrected chi connectivity index (χ4v) is 2.23. The molecule has 0 saturated carbocycles. The second-order valence-electron chi connectivity index (χ2n) is 5.21. The van der Waals surface area contributed by atoms with Crippen LogP contribution in [0.2, 0.25) is 0 Å². The monoisotopic (exact) mass is 302 g/mol. The molecule has 4 heteroatoms. The van der Waals surface area contributed by atoms with Crippen molar-refractivity contribution < 1.29 is 4.39 Å². The topological polar surface area (TPSA) is 29.3 Å². The Labute approximate surface area is 111 Å². The molecule has 0 heterocycles. The van der Waals surface area contributed by atoms with Gasteiger partial charge in [-0.25, -0.2) is 4.39 Å². The van der Waals surface area contributed by atoms with Gasteiger partial charge in [0, 0.05) is 23.1 Å². The third-order valence-corrected chi connectivity index (χ3v) is 2.94. The van der Waals surface area contributed by atoms with Gasteiger partial charge in [0.05, 0.1) is 0 Å². The predicted octanol–water partition coefficient (Wildman–Crippen LogP) is 2.80. The second-order valence-corrected chi connectivity index (χ2v) is 6.13. The highest BCUT2D eigenvalue weighted by atomic mass is 79.9. The fraction of sp³-hybridized carbons (Fsp3) is 0.538. The molecular formula is C13H20BrFN2. The Morgan fingerprint density at radius 1 is 1.41 bits per heavy atom. The molecule has 17 heavy (non-hydrogen) atoms. The summed E-state index contributed by atoms with van der Waals surface area (Å²) in [5, 5.41) is 0. The van der Waals surface area contributed by atoms with Crippen molar-refractivity contribution in [3.8, 4) is 0 Å². The minimum atomic E-state index is -0.218. The van der Waals surface area contributed by atoms with E-state index in [-0.39, 0.29) is 11.4 Å². The van der Waals surface area contributed by atoms with Gasteiger partial charge in [-0.15, -0.1) is 0 Å². The van der Waals surface area contributed by atoms with Gasteiger partial charge in [0.1, 0.15) is 5.82 Å². The molecular weight excluding hydrogens is 283 g/mol. The van der Waals surface area contributed by atoms with Gasteiger partial charge in [0.15, 0.2) is 0 Å². The average molecular weight is 303 g/mol. The van der Waals surface area contributed by atoms with E-state index in [1.807, 2.05) is 27.0 Å². The Hall–Kier alpha value is -0.450. The Balaban J connectivity index is 2.53. The predicted molar refractivity (Wildman–Crippen MR) is 73.6 cm³/mol. The van der Waals surface area contributed by atoms with E-state index in [1.165, 1.54) is 6.07 Å². The molecule has 0 aliphatic heterocycles. The van der Waals surface area contributed by atoms with Crippen LogP contribution in [0.1, 0.15) is 19.4 Å². The van der Waals surface area contributed by atoms with E-state index < -0.39 is 0 Å². The Bertz CT molecular complexity index is 374. The number of likely N-dealkylation sites (N-methyl/N-ethyl adjacent to an activating group) is 1. The molecule has 0 bridgehead atoms. The summed E-state index contributed by atoms with van der Waals surface area (Å²) in [5.41, 5.74) is 6.46. The first kappa shape index (κ1) is 14.6. The van der Waals surface area contributed by atoms with Crippen LogP contribution in [0.25, 0.3) is 0 Å². The number of halogens is 2. The normalized spacial score (nSPS) is 12.2. The molecule has 0 aliphatic carbocycles. The van der Waals surface area contributed by atoms with Crippen molar-refractivity contribution in [2.45, 2.75) is 25.8 Å². The minimum absolute atomic E-state index is 0.145. The zero-order valence-corrected chi connectivity index (χ0v) is 12.2. The van der Waals surface area contributed by atoms with Crippen LogP contribution in [0, 0.1) is 5.82 Å². The highest BCUT2D eigenvalue weighted by Gasteiger charge is 2.14. The van der Waals surface area contributed by atoms with Gasteiger partial charge >= 0.3 is 0 Å². The van der Waals surface area contributed by atoms with Crippen molar-refractivity contribution in [2.24, 2.45) is 5.73 Å². The maximum absolute atomic E-state index is 13.5. The number of hydrogen-bond acceptors (Lipinski definition) is 2. The van der Waals surface area contributed by atoms with Crippen LogP contribution in [0.4, 0.5) is 4.39 Å². The van der Waals surface area contributed by atoms with Gasteiger partial charge in [-0.1, -0.05) is 15.9 Å². The van der Waals surface area contributed by atoms with Gasteiger partial charge in [0.25, 0.3) is 0 Å². The summed E-state index contributed by atoms with van der Waals surface area (Å²) in [5.74, 6) is -0.145. The zero-order chi connectivity index (χ0) is 13.1. The fourth-order valence-electron chi connectivity index (χ4n) is 1.82. The largest absolute Gasteiger partial charge is 0.324 e. The smallest absolute Gasteiger partial charge is 0.126 e. The van der Waals surface area contributed by atoms with Crippen LogP contribution < -0.4 is 5.73 Å². The summed E-state index contributed by atoms with van der Waals surface area (Å²) in [4.78, 5) is 2.13. The molecule has 0 fully saturated rings. The number of benzene rings is 1. The quantitative estimate of drug-likeness (QED) is 0.906. The molecule has 2 nitrogen and oxygen atoms in total. The summed E-state index contributed by atoms with van der Waals surface area (Å²) >= 11 is 3.35. The molecule has 0 spiro atoms. The van der Waals surface area contributed by atoms with Gasteiger partial charge in [-0.2, -0.15) is 0 Å². The lowest BCUT2D eigenvalue weighted by molar-refractivity contribution is 0.272. The molecule has 2 N–H and O–H groups in total. The number of nitrogens with zero attached hydrogens (tertiary/aromatic N) is 1. The van der Waals surface area contributed by atoms with E-state index in [4.69, 9.17) is 5.73 Å². The third-order valence-electron chi connectivity index (χ3n) is 2.45. The van der Waals surface area contributed by atoms with Crippen molar-refractivity contribution in [1.82, 2.24) is 4.90 Å². The van der Waals surface area contributed by atoms with E-state index >= 15 is 0 Å². The van der Waals surface area contributed by atoms with Crippen molar-refractivity contribution in [3.63, 3.8) is 0 Å². The van der Waals surface area contributed by atoms with Crippen LogP contribution in [-0.2, 0) is 6.42 Å². The number of rotatable bonds is 5. The standard InChI is InChI=1S/C13H20BrFN2/c1-13(2,16)9-17(3)7-6-10-8-11(14)4-5-12(10)15/h4-5,8H,6-7,9,16H2,1-3H3. The maximum Gasteiger partial charge on any atom is 0.126 e. The summed E-state index contributed by atoms with van der Waals surface area (Å²) in [6.07, 6.45) is 0.692. The summed E-state index contributed by atoms with van der Waals surface area (Å²) < 4.78 is 14.4. The molecule has 0 saturated heterocycles. The SMILES string of the molecule is CN(CCc1cc(Br)ccc1F)CC(C)(C)N. The molecule has 1 aromatic carbocycles. The molecule has 1 aromatic rings. The first-order chi connectivity index (χ1) is 7.78. The average Bonchev–Trinajstić information content (AvgIpc) is 2.17. The first-order valence-corrected chi connectivity index (χ1v) is 6.48. The van der Waals surface area contributed by atoms with Crippen molar-refractivity contribution in [2.75, 3.05) is 20.1 Å². The Kier molecular flexibility index (Phi) is 5.10. The molecule has 0 amide bonds. The molecule has 96 valence electrons. The van der Waals surface area contributed by atoms with Gasteiger partial charge in [0.2, 0.25) is 0 Å². The lowest BCUT2D eigenvalue weighted by Gasteiger charge is -2.26. The lowest BCUT2D eigenvalue weighted by Crippen LogP contribution is -2.44. The van der Waals surface area contributed by atoms with Gasteiger partial charge < -0.3 is 10.6 Å². The Morgan fingerprint density at radius 2 is 2.06 bits per heavy atom. The summed E-state index contributed by atoms with van der Waals surface area (Å²) in [7, 11) is 2.00. The summed E-state index contributed by atoms with van der Waals surface area (Å²) in [6, 6.07) is 5.04. The van der Waals surface area contributed by atoms with E-state index in [1.54, 1.807) is 6.07 Å². The lowest BCUT2D eigenvalue weighted by atomic mass is 10.1. The van der Waals surface area contributed by atoms with Gasteiger partial charge in [-0.3, -0.25) is 0 Å². The highest BCUT2D eigenvalue weighted by molar-refractivity contribution is 9.10. The third kappa shape index (κ3) is 5.61. The van der Waals surface area contributed by atoms with E-state index in [9.17, 15) is 4.39 Å². The molecule has 0 aromatic heterocycles. The van der Waals surface area contributed by atoms with Crippen LogP contribution in [-0.4, -0.2) is 30.6 Å². The van der Waals surface area contributed by atoms with E-state index in [0.717, 1.165) is 23.1 Å². The van der Waals surface area contributed by atoms with Gasteiger partial charge in [-0.05, 0) is 51.1 Å². The molecule has 1 rings (SSSR count). The number of hydrogen-bond donors (Lipinski definition) is 1. The number of nitrogens with two attached hydrogens (primary N) is 1. The van der Waals surface area contributed by atoms with Crippen molar-refractivity contribution in [1.29, 1.82) is 0 Å². The minimum Gasteiger partial charge on any atom is -0.324 e. The first-order valence-electron chi connectivity index (χ1n) is 5.69. The second kappa shape index (κ2) is 5.94.